The van der Waals surface area contributed by atoms with E-state index in [9.17, 15) is 23.2 Å². The quantitative estimate of drug-likeness (QED) is 0.699. The minimum absolute atomic E-state index is 0.102. The van der Waals surface area contributed by atoms with E-state index >= 15 is 0 Å². The molecule has 1 aliphatic carbocycles. The van der Waals surface area contributed by atoms with Crippen LogP contribution in [0.2, 0.25) is 0 Å². The normalized spacial score (nSPS) is 20.6. The molecule has 9 heteroatoms. The van der Waals surface area contributed by atoms with Crippen molar-refractivity contribution >= 4 is 29.1 Å². The summed E-state index contributed by atoms with van der Waals surface area (Å²) in [5.74, 6) is -3.31. The minimum Gasteiger partial charge on any atom is -0.348 e. The third kappa shape index (κ3) is 4.41. The number of carbonyl (C=O) groups is 3. The topological polar surface area (TPSA) is 105 Å². The van der Waals surface area contributed by atoms with Gasteiger partial charge in [0.1, 0.15) is 18.2 Å². The average molecular weight is 428 g/mol. The van der Waals surface area contributed by atoms with Crippen molar-refractivity contribution in [2.75, 3.05) is 16.8 Å². The van der Waals surface area contributed by atoms with Crippen LogP contribution in [0.5, 0.6) is 0 Å². The highest BCUT2D eigenvalue weighted by Gasteiger charge is 2.30. The molecular formula is C22H22F2N4O3. The Morgan fingerprint density at radius 1 is 1.03 bits per heavy atom. The van der Waals surface area contributed by atoms with Crippen LogP contribution in [0, 0.1) is 11.6 Å². The number of hydrogen-bond acceptors (Lipinski definition) is 4. The van der Waals surface area contributed by atoms with E-state index in [0.717, 1.165) is 42.7 Å². The van der Waals surface area contributed by atoms with E-state index in [4.69, 9.17) is 5.73 Å². The maximum atomic E-state index is 13.5. The molecule has 3 amide bonds. The Balaban J connectivity index is 1.59. The number of amides is 3. The largest absolute Gasteiger partial charge is 0.348 e. The third-order valence-electron chi connectivity index (χ3n) is 5.62. The van der Waals surface area contributed by atoms with Crippen molar-refractivity contribution < 1.29 is 23.2 Å². The fraction of sp³-hybridized carbons (Fsp3) is 0.318. The summed E-state index contributed by atoms with van der Waals surface area (Å²) in [7, 11) is 0. The first-order valence-electron chi connectivity index (χ1n) is 10.1. The number of nitrogens with one attached hydrogen (secondary N) is 2. The van der Waals surface area contributed by atoms with Gasteiger partial charge in [0.2, 0.25) is 5.91 Å². The van der Waals surface area contributed by atoms with Crippen LogP contribution in [0.3, 0.4) is 0 Å². The van der Waals surface area contributed by atoms with Gasteiger partial charge in [-0.3, -0.25) is 19.3 Å². The Labute approximate surface area is 177 Å². The molecule has 2 atom stereocenters. The molecule has 0 saturated heterocycles. The van der Waals surface area contributed by atoms with E-state index in [1.807, 2.05) is 0 Å². The number of anilines is 2. The second-order valence-corrected chi connectivity index (χ2v) is 7.86. The van der Waals surface area contributed by atoms with Crippen LogP contribution in [0.15, 0.2) is 36.4 Å². The molecule has 4 rings (SSSR count). The van der Waals surface area contributed by atoms with Crippen molar-refractivity contribution in [3.05, 3.63) is 59.2 Å². The van der Waals surface area contributed by atoms with Gasteiger partial charge in [-0.25, -0.2) is 8.78 Å². The van der Waals surface area contributed by atoms with Gasteiger partial charge in [-0.1, -0.05) is 12.8 Å². The standard InChI is InChI=1S/C22H22F2N4O3/c23-14-7-13(8-15(24)10-14)22(31)28-11-20(29)26-18-9-12(5-6-19(18)28)21(30)27-17-4-2-1-3-16(17)25/h5-10,16-17H,1-4,11,25H2,(H,26,29)(H,27,30). The number of nitrogens with two attached hydrogens (primary N) is 1. The summed E-state index contributed by atoms with van der Waals surface area (Å²) in [6.07, 6.45) is 3.69. The maximum Gasteiger partial charge on any atom is 0.259 e. The van der Waals surface area contributed by atoms with Crippen LogP contribution in [0.25, 0.3) is 0 Å². The molecule has 31 heavy (non-hydrogen) atoms. The van der Waals surface area contributed by atoms with Crippen LogP contribution < -0.4 is 21.3 Å². The predicted octanol–water partition coefficient (Wildman–Crippen LogP) is 2.56. The zero-order chi connectivity index (χ0) is 22.1. The molecular weight excluding hydrogens is 406 g/mol. The molecule has 1 fully saturated rings. The van der Waals surface area contributed by atoms with Gasteiger partial charge < -0.3 is 16.4 Å². The fourth-order valence-electron chi connectivity index (χ4n) is 4.04. The Bertz CT molecular complexity index is 1040. The van der Waals surface area contributed by atoms with Crippen molar-refractivity contribution in [1.82, 2.24) is 5.32 Å². The summed E-state index contributed by atoms with van der Waals surface area (Å²) < 4.78 is 27.1. The lowest BCUT2D eigenvalue weighted by molar-refractivity contribution is -0.115. The molecule has 7 nitrogen and oxygen atoms in total. The molecule has 0 spiro atoms. The first-order valence-corrected chi connectivity index (χ1v) is 10.1. The fourth-order valence-corrected chi connectivity index (χ4v) is 4.04. The Kier molecular flexibility index (Phi) is 5.69. The molecule has 0 bridgehead atoms. The van der Waals surface area contributed by atoms with Crippen LogP contribution in [-0.4, -0.2) is 36.3 Å². The van der Waals surface area contributed by atoms with Gasteiger partial charge >= 0.3 is 0 Å². The molecule has 1 saturated carbocycles. The maximum absolute atomic E-state index is 13.5. The minimum atomic E-state index is -0.891. The highest BCUT2D eigenvalue weighted by atomic mass is 19.1. The van der Waals surface area contributed by atoms with Gasteiger partial charge in [-0.05, 0) is 43.2 Å². The van der Waals surface area contributed by atoms with Gasteiger partial charge in [-0.2, -0.15) is 0 Å². The molecule has 2 aromatic carbocycles. The number of rotatable bonds is 3. The molecule has 1 aliphatic heterocycles. The van der Waals surface area contributed by atoms with Gasteiger partial charge in [0.25, 0.3) is 11.8 Å². The summed E-state index contributed by atoms with van der Waals surface area (Å²) >= 11 is 0. The lowest BCUT2D eigenvalue weighted by Gasteiger charge is -2.31. The summed E-state index contributed by atoms with van der Waals surface area (Å²) in [4.78, 5) is 38.8. The molecule has 1 heterocycles. The number of fused-ring (bicyclic) bond motifs is 1. The lowest BCUT2D eigenvalue weighted by Crippen LogP contribution is -2.49. The van der Waals surface area contributed by atoms with Crippen molar-refractivity contribution in [1.29, 1.82) is 0 Å². The summed E-state index contributed by atoms with van der Waals surface area (Å²) in [5, 5.41) is 5.58. The van der Waals surface area contributed by atoms with E-state index < -0.39 is 23.4 Å². The smallest absolute Gasteiger partial charge is 0.259 e. The number of halogens is 2. The molecule has 0 aromatic heterocycles. The van der Waals surface area contributed by atoms with Crippen molar-refractivity contribution in [2.45, 2.75) is 37.8 Å². The second kappa shape index (κ2) is 8.43. The highest BCUT2D eigenvalue weighted by molar-refractivity contribution is 6.15. The highest BCUT2D eigenvalue weighted by Crippen LogP contribution is 2.32. The van der Waals surface area contributed by atoms with Gasteiger partial charge in [0.15, 0.2) is 0 Å². The summed E-state index contributed by atoms with van der Waals surface area (Å²) in [5.41, 5.74) is 6.78. The monoisotopic (exact) mass is 428 g/mol. The summed E-state index contributed by atoms with van der Waals surface area (Å²) in [6, 6.07) is 6.80. The number of hydrogen-bond donors (Lipinski definition) is 3. The predicted molar refractivity (Wildman–Crippen MR) is 111 cm³/mol. The zero-order valence-electron chi connectivity index (χ0n) is 16.7. The first kappa shape index (κ1) is 20.9. The second-order valence-electron chi connectivity index (χ2n) is 7.86. The van der Waals surface area contributed by atoms with E-state index in [-0.39, 0.29) is 35.8 Å². The number of benzene rings is 2. The van der Waals surface area contributed by atoms with E-state index in [1.165, 1.54) is 18.2 Å². The van der Waals surface area contributed by atoms with Crippen molar-refractivity contribution in [2.24, 2.45) is 5.73 Å². The molecule has 2 aliphatic rings. The number of carbonyl (C=O) groups excluding carboxylic acids is 3. The Hall–Kier alpha value is -3.33. The van der Waals surface area contributed by atoms with E-state index in [1.54, 1.807) is 0 Å². The zero-order valence-corrected chi connectivity index (χ0v) is 16.7. The average Bonchev–Trinajstić information content (AvgIpc) is 2.73. The van der Waals surface area contributed by atoms with Crippen LogP contribution >= 0.6 is 0 Å². The van der Waals surface area contributed by atoms with Crippen LogP contribution in [0.1, 0.15) is 46.4 Å². The molecule has 2 unspecified atom stereocenters. The molecule has 0 radical (unpaired) electrons. The van der Waals surface area contributed by atoms with Gasteiger partial charge in [0, 0.05) is 29.3 Å². The van der Waals surface area contributed by atoms with Gasteiger partial charge in [-0.15, -0.1) is 0 Å². The van der Waals surface area contributed by atoms with Crippen LogP contribution in [-0.2, 0) is 4.79 Å². The SMILES string of the molecule is NC1CCCCC1NC(=O)c1ccc2c(c1)NC(=O)CN2C(=O)c1cc(F)cc(F)c1. The first-order chi connectivity index (χ1) is 14.8. The van der Waals surface area contributed by atoms with Crippen molar-refractivity contribution in [3.63, 3.8) is 0 Å². The van der Waals surface area contributed by atoms with Crippen molar-refractivity contribution in [3.8, 4) is 0 Å². The third-order valence-corrected chi connectivity index (χ3v) is 5.62. The number of nitrogens with zero attached hydrogens (tertiary/aromatic N) is 1. The van der Waals surface area contributed by atoms with E-state index in [0.29, 0.717) is 17.3 Å². The Morgan fingerprint density at radius 2 is 1.74 bits per heavy atom. The summed E-state index contributed by atoms with van der Waals surface area (Å²) in [6.45, 7) is -0.313. The lowest BCUT2D eigenvalue weighted by atomic mass is 9.91. The molecule has 4 N–H and O–H groups in total. The van der Waals surface area contributed by atoms with E-state index in [2.05, 4.69) is 10.6 Å². The molecule has 2 aromatic rings. The Morgan fingerprint density at radius 3 is 2.45 bits per heavy atom. The van der Waals surface area contributed by atoms with Gasteiger partial charge in [0.05, 0.1) is 11.4 Å². The molecule has 162 valence electrons. The van der Waals surface area contributed by atoms with Crippen LogP contribution in [0.4, 0.5) is 20.2 Å².